The number of amides is 1. The van der Waals surface area contributed by atoms with Crippen molar-refractivity contribution in [1.82, 2.24) is 9.62 Å². The van der Waals surface area contributed by atoms with Crippen LogP contribution >= 0.6 is 11.6 Å². The zero-order valence-electron chi connectivity index (χ0n) is 16.5. The largest absolute Gasteiger partial charge is 0.485 e. The summed E-state index contributed by atoms with van der Waals surface area (Å²) < 4.78 is 36.4. The van der Waals surface area contributed by atoms with Gasteiger partial charge in [-0.15, -0.1) is 0 Å². The van der Waals surface area contributed by atoms with Gasteiger partial charge in [-0.3, -0.25) is 4.79 Å². The third-order valence-electron chi connectivity index (χ3n) is 4.27. The number of halogens is 1. The topological polar surface area (TPSA) is 88.8 Å². The standard InChI is InChI=1S/C21H21ClN2O5S/c1-24(2)30(26,27)20-12-11-16(29-20)14-28-19-10-6-4-8-17(19)21(25)23-13-15-7-3-5-9-18(15)22/h3-12H,13-14H2,1-2H3,(H,23,25). The van der Waals surface area contributed by atoms with Gasteiger partial charge in [0.2, 0.25) is 5.09 Å². The van der Waals surface area contributed by atoms with E-state index in [1.54, 1.807) is 30.3 Å². The van der Waals surface area contributed by atoms with Gasteiger partial charge in [0, 0.05) is 25.7 Å². The Kier molecular flexibility index (Phi) is 6.81. The minimum atomic E-state index is -3.66. The van der Waals surface area contributed by atoms with Crippen LogP contribution in [0.2, 0.25) is 5.02 Å². The number of benzene rings is 2. The normalized spacial score (nSPS) is 11.5. The van der Waals surface area contributed by atoms with E-state index >= 15 is 0 Å². The molecule has 158 valence electrons. The van der Waals surface area contributed by atoms with E-state index < -0.39 is 10.0 Å². The van der Waals surface area contributed by atoms with Crippen LogP contribution in [0.3, 0.4) is 0 Å². The van der Waals surface area contributed by atoms with Crippen LogP contribution in [0, 0.1) is 0 Å². The molecule has 0 saturated carbocycles. The highest BCUT2D eigenvalue weighted by atomic mass is 35.5. The van der Waals surface area contributed by atoms with Crippen molar-refractivity contribution in [2.75, 3.05) is 14.1 Å². The second kappa shape index (κ2) is 9.34. The molecule has 1 aromatic heterocycles. The Morgan fingerprint density at radius 1 is 1.07 bits per heavy atom. The monoisotopic (exact) mass is 448 g/mol. The van der Waals surface area contributed by atoms with Gasteiger partial charge in [-0.25, -0.2) is 12.7 Å². The molecule has 0 radical (unpaired) electrons. The smallest absolute Gasteiger partial charge is 0.275 e. The molecule has 3 rings (SSSR count). The number of furan rings is 1. The Morgan fingerprint density at radius 3 is 2.50 bits per heavy atom. The molecule has 0 atom stereocenters. The summed E-state index contributed by atoms with van der Waals surface area (Å²) in [6.45, 7) is 0.245. The van der Waals surface area contributed by atoms with E-state index in [2.05, 4.69) is 5.32 Å². The van der Waals surface area contributed by atoms with Crippen molar-refractivity contribution in [3.8, 4) is 5.75 Å². The molecule has 0 spiro atoms. The van der Waals surface area contributed by atoms with Crippen LogP contribution in [0.1, 0.15) is 21.7 Å². The fourth-order valence-corrected chi connectivity index (χ4v) is 3.61. The summed E-state index contributed by atoms with van der Waals surface area (Å²) in [5.41, 5.74) is 1.15. The lowest BCUT2D eigenvalue weighted by Gasteiger charge is -2.12. The number of ether oxygens (including phenoxy) is 1. The Balaban J connectivity index is 1.68. The summed E-state index contributed by atoms with van der Waals surface area (Å²) in [7, 11) is -0.817. The maximum atomic E-state index is 12.6. The summed E-state index contributed by atoms with van der Waals surface area (Å²) in [4.78, 5) is 12.6. The average molecular weight is 449 g/mol. The first-order valence-electron chi connectivity index (χ1n) is 9.03. The number of sulfonamides is 1. The van der Waals surface area contributed by atoms with Gasteiger partial charge in [0.15, 0.2) is 0 Å². The van der Waals surface area contributed by atoms with Gasteiger partial charge in [0.05, 0.1) is 5.56 Å². The molecule has 2 aromatic carbocycles. The molecule has 30 heavy (non-hydrogen) atoms. The van der Waals surface area contributed by atoms with Crippen LogP contribution in [-0.4, -0.2) is 32.7 Å². The average Bonchev–Trinajstić information content (AvgIpc) is 3.21. The number of rotatable bonds is 8. The quantitative estimate of drug-likeness (QED) is 0.567. The zero-order valence-corrected chi connectivity index (χ0v) is 18.0. The number of hydrogen-bond donors (Lipinski definition) is 1. The third-order valence-corrected chi connectivity index (χ3v) is 6.33. The van der Waals surface area contributed by atoms with Gasteiger partial charge in [-0.2, -0.15) is 0 Å². The molecule has 9 heteroatoms. The van der Waals surface area contributed by atoms with Crippen LogP contribution in [0.4, 0.5) is 0 Å². The van der Waals surface area contributed by atoms with Crippen LogP contribution in [0.5, 0.6) is 5.75 Å². The van der Waals surface area contributed by atoms with Crippen molar-refractivity contribution in [3.05, 3.63) is 82.6 Å². The first kappa shape index (κ1) is 21.9. The van der Waals surface area contributed by atoms with Crippen molar-refractivity contribution in [2.24, 2.45) is 0 Å². The van der Waals surface area contributed by atoms with Crippen molar-refractivity contribution in [1.29, 1.82) is 0 Å². The summed E-state index contributed by atoms with van der Waals surface area (Å²) in [5, 5.41) is 3.22. The SMILES string of the molecule is CN(C)S(=O)(=O)c1ccc(COc2ccccc2C(=O)NCc2ccccc2Cl)o1. The van der Waals surface area contributed by atoms with E-state index in [1.165, 1.54) is 26.2 Å². The molecule has 0 saturated heterocycles. The van der Waals surface area contributed by atoms with Gasteiger partial charge in [0.25, 0.3) is 15.9 Å². The van der Waals surface area contributed by atoms with Crippen LogP contribution in [0.15, 0.2) is 70.2 Å². The highest BCUT2D eigenvalue weighted by molar-refractivity contribution is 7.88. The van der Waals surface area contributed by atoms with Crippen molar-refractivity contribution < 1.29 is 22.4 Å². The van der Waals surface area contributed by atoms with Gasteiger partial charge in [-0.05, 0) is 35.9 Å². The second-order valence-electron chi connectivity index (χ2n) is 6.57. The number of para-hydroxylation sites is 1. The Morgan fingerprint density at radius 2 is 1.77 bits per heavy atom. The fourth-order valence-electron chi connectivity index (χ4n) is 2.60. The summed E-state index contributed by atoms with van der Waals surface area (Å²) in [6.07, 6.45) is 0. The number of hydrogen-bond acceptors (Lipinski definition) is 5. The molecule has 0 aliphatic carbocycles. The van der Waals surface area contributed by atoms with Crippen molar-refractivity contribution in [2.45, 2.75) is 18.2 Å². The summed E-state index contributed by atoms with van der Waals surface area (Å²) >= 11 is 6.12. The highest BCUT2D eigenvalue weighted by Crippen LogP contribution is 2.22. The van der Waals surface area contributed by atoms with E-state index in [-0.39, 0.29) is 24.2 Å². The van der Waals surface area contributed by atoms with Crippen molar-refractivity contribution in [3.63, 3.8) is 0 Å². The van der Waals surface area contributed by atoms with E-state index in [4.69, 9.17) is 20.8 Å². The molecule has 7 nitrogen and oxygen atoms in total. The first-order chi connectivity index (χ1) is 14.3. The molecule has 1 N–H and O–H groups in total. The third kappa shape index (κ3) is 5.02. The molecule has 0 fully saturated rings. The number of carbonyl (C=O) groups excluding carboxylic acids is 1. The highest BCUT2D eigenvalue weighted by Gasteiger charge is 2.22. The zero-order chi connectivity index (χ0) is 21.7. The number of carbonyl (C=O) groups is 1. The number of nitrogens with one attached hydrogen (secondary N) is 1. The van der Waals surface area contributed by atoms with Crippen LogP contribution in [0.25, 0.3) is 0 Å². The Labute approximate surface area is 180 Å². The molecule has 3 aromatic rings. The van der Waals surface area contributed by atoms with E-state index in [0.717, 1.165) is 9.87 Å². The molecular weight excluding hydrogens is 428 g/mol. The molecule has 0 aliphatic rings. The lowest BCUT2D eigenvalue weighted by atomic mass is 10.1. The van der Waals surface area contributed by atoms with Gasteiger partial charge in [-0.1, -0.05) is 41.9 Å². The molecule has 1 amide bonds. The lowest BCUT2D eigenvalue weighted by Crippen LogP contribution is -2.23. The molecule has 0 unspecified atom stereocenters. The predicted octanol–water partition coefficient (Wildman–Crippen LogP) is 3.69. The second-order valence-corrected chi connectivity index (χ2v) is 9.06. The minimum absolute atomic E-state index is 0.0300. The maximum absolute atomic E-state index is 12.6. The molecule has 1 heterocycles. The van der Waals surface area contributed by atoms with E-state index in [9.17, 15) is 13.2 Å². The van der Waals surface area contributed by atoms with Crippen LogP contribution < -0.4 is 10.1 Å². The van der Waals surface area contributed by atoms with E-state index in [1.807, 2.05) is 18.2 Å². The number of nitrogens with zero attached hydrogens (tertiary/aromatic N) is 1. The molecule has 0 bridgehead atoms. The molecular formula is C21H21ClN2O5S. The first-order valence-corrected chi connectivity index (χ1v) is 10.9. The summed E-state index contributed by atoms with van der Waals surface area (Å²) in [6, 6.07) is 16.9. The fraction of sp³-hybridized carbons (Fsp3) is 0.190. The molecule has 0 aliphatic heterocycles. The lowest BCUT2D eigenvalue weighted by molar-refractivity contribution is 0.0945. The minimum Gasteiger partial charge on any atom is -0.485 e. The van der Waals surface area contributed by atoms with Gasteiger partial charge < -0.3 is 14.5 Å². The summed E-state index contributed by atoms with van der Waals surface area (Å²) in [5.74, 6) is 0.352. The van der Waals surface area contributed by atoms with E-state index in [0.29, 0.717) is 22.1 Å². The van der Waals surface area contributed by atoms with Crippen molar-refractivity contribution >= 4 is 27.5 Å². The Bertz CT molecular complexity index is 1140. The Hall–Kier alpha value is -2.81. The predicted molar refractivity (Wildman–Crippen MR) is 113 cm³/mol. The van der Waals surface area contributed by atoms with Gasteiger partial charge >= 0.3 is 0 Å². The van der Waals surface area contributed by atoms with Gasteiger partial charge in [0.1, 0.15) is 18.1 Å². The van der Waals surface area contributed by atoms with Crippen LogP contribution in [-0.2, 0) is 23.2 Å². The maximum Gasteiger partial charge on any atom is 0.275 e.